The van der Waals surface area contributed by atoms with Crippen molar-refractivity contribution in [1.82, 2.24) is 0 Å². The van der Waals surface area contributed by atoms with Crippen LogP contribution in [0.25, 0.3) is 0 Å². The standard InChI is InChI=1S/C12H24.CH4/c1-4-5-6-12-8-7-10(2)11(3)9-12;/h10-12H,4-9H2,1-3H3;1H4. The summed E-state index contributed by atoms with van der Waals surface area (Å²) in [5, 5.41) is 0. The van der Waals surface area contributed by atoms with Crippen molar-refractivity contribution in [3.05, 3.63) is 0 Å². The predicted octanol–water partition coefficient (Wildman–Crippen LogP) is 4.89. The third kappa shape index (κ3) is 4.15. The van der Waals surface area contributed by atoms with Crippen LogP contribution in [0.4, 0.5) is 0 Å². The van der Waals surface area contributed by atoms with Crippen molar-refractivity contribution >= 4 is 0 Å². The van der Waals surface area contributed by atoms with Crippen LogP contribution >= 0.6 is 0 Å². The maximum Gasteiger partial charge on any atom is -0.0412 e. The fourth-order valence-corrected chi connectivity index (χ4v) is 2.41. The monoisotopic (exact) mass is 184 g/mol. The van der Waals surface area contributed by atoms with Crippen LogP contribution in [0.5, 0.6) is 0 Å². The second kappa shape index (κ2) is 6.45. The number of rotatable bonds is 3. The highest BCUT2D eigenvalue weighted by Gasteiger charge is 2.23. The van der Waals surface area contributed by atoms with E-state index < -0.39 is 0 Å². The Morgan fingerprint density at radius 2 is 1.77 bits per heavy atom. The Morgan fingerprint density at radius 1 is 1.08 bits per heavy atom. The molecular weight excluding hydrogens is 156 g/mol. The van der Waals surface area contributed by atoms with E-state index in [2.05, 4.69) is 20.8 Å². The first-order chi connectivity index (χ1) is 5.74. The largest absolute Gasteiger partial charge is 0.0776 e. The van der Waals surface area contributed by atoms with Gasteiger partial charge in [-0.25, -0.2) is 0 Å². The minimum absolute atomic E-state index is 0. The highest BCUT2D eigenvalue weighted by Crippen LogP contribution is 2.35. The zero-order valence-corrected chi connectivity index (χ0v) is 8.97. The summed E-state index contributed by atoms with van der Waals surface area (Å²) < 4.78 is 0. The van der Waals surface area contributed by atoms with Crippen LogP contribution in [0, 0.1) is 17.8 Å². The molecule has 1 aliphatic carbocycles. The summed E-state index contributed by atoms with van der Waals surface area (Å²) in [6.45, 7) is 7.15. The van der Waals surface area contributed by atoms with Gasteiger partial charge in [-0.3, -0.25) is 0 Å². The molecule has 0 heteroatoms. The molecule has 1 rings (SSSR count). The molecule has 1 aliphatic rings. The molecule has 80 valence electrons. The van der Waals surface area contributed by atoms with Gasteiger partial charge in [0.05, 0.1) is 0 Å². The summed E-state index contributed by atoms with van der Waals surface area (Å²) in [5.74, 6) is 3.04. The second-order valence-corrected chi connectivity index (χ2v) is 4.78. The topological polar surface area (TPSA) is 0 Å². The predicted molar refractivity (Wildman–Crippen MR) is 61.9 cm³/mol. The molecule has 0 N–H and O–H groups in total. The number of hydrogen-bond acceptors (Lipinski definition) is 0. The van der Waals surface area contributed by atoms with Crippen molar-refractivity contribution in [2.24, 2.45) is 17.8 Å². The Kier molecular flexibility index (Phi) is 6.45. The highest BCUT2D eigenvalue weighted by molar-refractivity contribution is 4.74. The molecule has 3 unspecified atom stereocenters. The summed E-state index contributed by atoms with van der Waals surface area (Å²) in [6, 6.07) is 0. The van der Waals surface area contributed by atoms with Crippen LogP contribution in [0.3, 0.4) is 0 Å². The Balaban J connectivity index is 0.00000144. The summed E-state index contributed by atoms with van der Waals surface area (Å²) in [4.78, 5) is 0. The summed E-state index contributed by atoms with van der Waals surface area (Å²) in [5.41, 5.74) is 0. The molecule has 0 aromatic carbocycles. The molecule has 0 aliphatic heterocycles. The van der Waals surface area contributed by atoms with Crippen molar-refractivity contribution in [2.75, 3.05) is 0 Å². The van der Waals surface area contributed by atoms with E-state index in [1.807, 2.05) is 0 Å². The van der Waals surface area contributed by atoms with Crippen LogP contribution in [0.2, 0.25) is 0 Å². The van der Waals surface area contributed by atoms with Crippen LogP contribution in [-0.2, 0) is 0 Å². The fraction of sp³-hybridized carbons (Fsp3) is 1.00. The lowest BCUT2D eigenvalue weighted by Crippen LogP contribution is -2.20. The first kappa shape index (κ1) is 13.0. The zero-order valence-electron chi connectivity index (χ0n) is 8.97. The average molecular weight is 184 g/mol. The van der Waals surface area contributed by atoms with Gasteiger partial charge in [0.2, 0.25) is 0 Å². The molecule has 0 radical (unpaired) electrons. The molecule has 1 fully saturated rings. The molecule has 0 aromatic heterocycles. The lowest BCUT2D eigenvalue weighted by molar-refractivity contribution is 0.198. The van der Waals surface area contributed by atoms with Crippen molar-refractivity contribution < 1.29 is 0 Å². The molecule has 3 atom stereocenters. The van der Waals surface area contributed by atoms with E-state index in [0.717, 1.165) is 17.8 Å². The van der Waals surface area contributed by atoms with Gasteiger partial charge in [0.1, 0.15) is 0 Å². The highest BCUT2D eigenvalue weighted by atomic mass is 14.3. The maximum atomic E-state index is 2.43. The van der Waals surface area contributed by atoms with Crippen molar-refractivity contribution in [2.45, 2.75) is 66.7 Å². The molecule has 0 amide bonds. The first-order valence-corrected chi connectivity index (χ1v) is 5.74. The smallest absolute Gasteiger partial charge is 0.0412 e. The lowest BCUT2D eigenvalue weighted by Gasteiger charge is -2.32. The van der Waals surface area contributed by atoms with Crippen molar-refractivity contribution in [1.29, 1.82) is 0 Å². The van der Waals surface area contributed by atoms with Crippen molar-refractivity contribution in [3.63, 3.8) is 0 Å². The van der Waals surface area contributed by atoms with E-state index in [-0.39, 0.29) is 7.43 Å². The van der Waals surface area contributed by atoms with E-state index in [0.29, 0.717) is 0 Å². The molecule has 1 saturated carbocycles. The van der Waals surface area contributed by atoms with Gasteiger partial charge < -0.3 is 0 Å². The molecule has 0 spiro atoms. The minimum Gasteiger partial charge on any atom is -0.0776 e. The van der Waals surface area contributed by atoms with E-state index in [4.69, 9.17) is 0 Å². The van der Waals surface area contributed by atoms with Crippen molar-refractivity contribution in [3.8, 4) is 0 Å². The zero-order chi connectivity index (χ0) is 8.97. The summed E-state index contributed by atoms with van der Waals surface area (Å²) in [7, 11) is 0. The molecule has 0 bridgehead atoms. The van der Waals surface area contributed by atoms with Crippen LogP contribution < -0.4 is 0 Å². The molecule has 0 heterocycles. The van der Waals surface area contributed by atoms with Gasteiger partial charge >= 0.3 is 0 Å². The average Bonchev–Trinajstić information content (AvgIpc) is 2.07. The summed E-state index contributed by atoms with van der Waals surface area (Å²) >= 11 is 0. The van der Waals surface area contributed by atoms with E-state index in [9.17, 15) is 0 Å². The number of unbranched alkanes of at least 4 members (excludes halogenated alkanes) is 1. The number of hydrogen-bond donors (Lipinski definition) is 0. The SMILES string of the molecule is C.CCCCC1CCC(C)C(C)C1. The molecule has 13 heavy (non-hydrogen) atoms. The van der Waals surface area contributed by atoms with E-state index in [1.54, 1.807) is 0 Å². The van der Waals surface area contributed by atoms with Crippen LogP contribution in [0.15, 0.2) is 0 Å². The van der Waals surface area contributed by atoms with Gasteiger partial charge in [0.25, 0.3) is 0 Å². The molecule has 0 aromatic rings. The Morgan fingerprint density at radius 3 is 2.31 bits per heavy atom. The summed E-state index contributed by atoms with van der Waals surface area (Å²) in [6.07, 6.45) is 8.81. The molecular formula is C13H28. The van der Waals surface area contributed by atoms with E-state index >= 15 is 0 Å². The van der Waals surface area contributed by atoms with Gasteiger partial charge in [-0.15, -0.1) is 0 Å². The van der Waals surface area contributed by atoms with Gasteiger partial charge in [0.15, 0.2) is 0 Å². The second-order valence-electron chi connectivity index (χ2n) is 4.78. The first-order valence-electron chi connectivity index (χ1n) is 5.74. The Bertz CT molecular complexity index is 115. The fourth-order valence-electron chi connectivity index (χ4n) is 2.41. The third-order valence-corrected chi connectivity index (χ3v) is 3.67. The van der Waals surface area contributed by atoms with Crippen LogP contribution in [0.1, 0.15) is 66.7 Å². The minimum atomic E-state index is 0. The Labute approximate surface area is 85.1 Å². The van der Waals surface area contributed by atoms with Gasteiger partial charge in [-0.1, -0.05) is 60.3 Å². The molecule has 0 saturated heterocycles. The quantitative estimate of drug-likeness (QED) is 0.586. The lowest BCUT2D eigenvalue weighted by atomic mass is 9.74. The Hall–Kier alpha value is 0. The van der Waals surface area contributed by atoms with Gasteiger partial charge in [-0.05, 0) is 24.2 Å². The van der Waals surface area contributed by atoms with E-state index in [1.165, 1.54) is 38.5 Å². The third-order valence-electron chi connectivity index (χ3n) is 3.67. The molecule has 0 nitrogen and oxygen atoms in total. The van der Waals surface area contributed by atoms with Gasteiger partial charge in [0, 0.05) is 0 Å². The normalized spacial score (nSPS) is 33.9. The van der Waals surface area contributed by atoms with Crippen LogP contribution in [-0.4, -0.2) is 0 Å². The maximum absolute atomic E-state index is 2.43. The van der Waals surface area contributed by atoms with Gasteiger partial charge in [-0.2, -0.15) is 0 Å².